The molecule has 2 saturated heterocycles. The van der Waals surface area contributed by atoms with Crippen LogP contribution in [0.2, 0.25) is 0 Å². The van der Waals surface area contributed by atoms with Crippen LogP contribution in [0.1, 0.15) is 57.1 Å². The number of rotatable bonds is 5. The lowest BCUT2D eigenvalue weighted by molar-refractivity contribution is -0.139. The molecule has 1 amide bonds. The van der Waals surface area contributed by atoms with Crippen LogP contribution >= 0.6 is 0 Å². The highest BCUT2D eigenvalue weighted by atomic mass is 16.2. The van der Waals surface area contributed by atoms with Crippen molar-refractivity contribution in [3.8, 4) is 0 Å². The third kappa shape index (κ3) is 4.88. The average Bonchev–Trinajstić information content (AvgIpc) is 2.67. The lowest BCUT2D eigenvalue weighted by atomic mass is 9.88. The van der Waals surface area contributed by atoms with E-state index in [2.05, 4.69) is 54.8 Å². The van der Waals surface area contributed by atoms with Crippen molar-refractivity contribution in [2.75, 3.05) is 26.2 Å². The van der Waals surface area contributed by atoms with E-state index in [1.807, 2.05) is 0 Å². The molecule has 0 spiro atoms. The van der Waals surface area contributed by atoms with Crippen LogP contribution in [0, 0.1) is 18.8 Å². The Kier molecular flexibility index (Phi) is 6.74. The number of benzene rings is 1. The molecule has 0 bridgehead atoms. The largest absolute Gasteiger partial charge is 0.342 e. The molecule has 0 aliphatic carbocycles. The number of hydrogen-bond donors (Lipinski definition) is 0. The molecular formula is C23H36N2O. The number of carbonyl (C=O) groups excluding carboxylic acids is 1. The number of hydrogen-bond acceptors (Lipinski definition) is 2. The number of piperidine rings is 2. The van der Waals surface area contributed by atoms with Gasteiger partial charge in [-0.25, -0.2) is 0 Å². The molecule has 0 N–H and O–H groups in total. The van der Waals surface area contributed by atoms with Crippen molar-refractivity contribution in [1.29, 1.82) is 0 Å². The SMILES string of the molecule is Cc1ccccc1CCC1CCCN(C(=O)C2CCN(C(C)C)CC2)C1. The Morgan fingerprint density at radius 3 is 2.54 bits per heavy atom. The maximum absolute atomic E-state index is 13.0. The fourth-order valence-electron chi connectivity index (χ4n) is 4.67. The minimum absolute atomic E-state index is 0.264. The van der Waals surface area contributed by atoms with E-state index in [1.54, 1.807) is 0 Å². The summed E-state index contributed by atoms with van der Waals surface area (Å²) in [5.41, 5.74) is 2.87. The molecule has 144 valence electrons. The molecule has 2 heterocycles. The molecule has 2 aliphatic rings. The maximum atomic E-state index is 13.0. The maximum Gasteiger partial charge on any atom is 0.225 e. The molecule has 26 heavy (non-hydrogen) atoms. The molecule has 0 aromatic heterocycles. The number of carbonyl (C=O) groups is 1. The molecule has 1 aromatic rings. The van der Waals surface area contributed by atoms with Gasteiger partial charge in [0.2, 0.25) is 5.91 Å². The molecule has 0 saturated carbocycles. The Labute approximate surface area is 159 Å². The summed E-state index contributed by atoms with van der Waals surface area (Å²) in [6.07, 6.45) is 6.89. The fraction of sp³-hybridized carbons (Fsp3) is 0.696. The highest BCUT2D eigenvalue weighted by molar-refractivity contribution is 5.79. The zero-order chi connectivity index (χ0) is 18.5. The Morgan fingerprint density at radius 1 is 1.12 bits per heavy atom. The summed E-state index contributed by atoms with van der Waals surface area (Å²) in [5, 5.41) is 0. The molecule has 2 fully saturated rings. The van der Waals surface area contributed by atoms with Crippen LogP contribution in [0.15, 0.2) is 24.3 Å². The van der Waals surface area contributed by atoms with Crippen LogP contribution in [-0.4, -0.2) is 47.9 Å². The van der Waals surface area contributed by atoms with Crippen molar-refractivity contribution >= 4 is 5.91 Å². The second kappa shape index (κ2) is 9.03. The van der Waals surface area contributed by atoms with E-state index in [9.17, 15) is 4.79 Å². The standard InChI is InChI=1S/C23H36N2O/c1-18(2)24-15-12-22(13-16-24)23(26)25-14-6-8-20(17-25)10-11-21-9-5-4-7-19(21)3/h4-5,7,9,18,20,22H,6,8,10-17H2,1-3H3. The van der Waals surface area contributed by atoms with E-state index < -0.39 is 0 Å². The zero-order valence-corrected chi connectivity index (χ0v) is 16.9. The number of likely N-dealkylation sites (tertiary alicyclic amines) is 2. The number of nitrogens with zero attached hydrogens (tertiary/aromatic N) is 2. The van der Waals surface area contributed by atoms with Crippen LogP contribution < -0.4 is 0 Å². The minimum Gasteiger partial charge on any atom is -0.342 e. The third-order valence-corrected chi connectivity index (χ3v) is 6.52. The lowest BCUT2D eigenvalue weighted by Crippen LogP contribution is -2.47. The van der Waals surface area contributed by atoms with E-state index in [0.29, 0.717) is 17.9 Å². The summed E-state index contributed by atoms with van der Waals surface area (Å²) in [5.74, 6) is 1.37. The van der Waals surface area contributed by atoms with E-state index in [-0.39, 0.29) is 5.92 Å². The smallest absolute Gasteiger partial charge is 0.225 e. The summed E-state index contributed by atoms with van der Waals surface area (Å²) in [6, 6.07) is 9.32. The van der Waals surface area contributed by atoms with Gasteiger partial charge in [-0.05, 0) is 89.4 Å². The van der Waals surface area contributed by atoms with E-state index in [4.69, 9.17) is 0 Å². The van der Waals surface area contributed by atoms with Gasteiger partial charge >= 0.3 is 0 Å². The van der Waals surface area contributed by atoms with E-state index in [1.165, 1.54) is 30.4 Å². The molecule has 1 atom stereocenters. The Morgan fingerprint density at radius 2 is 1.85 bits per heavy atom. The van der Waals surface area contributed by atoms with Crippen molar-refractivity contribution in [2.45, 2.75) is 65.3 Å². The minimum atomic E-state index is 0.264. The monoisotopic (exact) mass is 356 g/mol. The van der Waals surface area contributed by atoms with Crippen LogP contribution in [-0.2, 0) is 11.2 Å². The predicted molar refractivity (Wildman–Crippen MR) is 108 cm³/mol. The fourth-order valence-corrected chi connectivity index (χ4v) is 4.67. The third-order valence-electron chi connectivity index (χ3n) is 6.52. The molecule has 3 rings (SSSR count). The second-order valence-corrected chi connectivity index (χ2v) is 8.66. The first-order valence-electron chi connectivity index (χ1n) is 10.6. The molecular weight excluding hydrogens is 320 g/mol. The van der Waals surface area contributed by atoms with E-state index >= 15 is 0 Å². The first-order chi connectivity index (χ1) is 12.5. The van der Waals surface area contributed by atoms with Crippen LogP contribution in [0.25, 0.3) is 0 Å². The molecule has 3 nitrogen and oxygen atoms in total. The van der Waals surface area contributed by atoms with Gasteiger partial charge in [0.25, 0.3) is 0 Å². The van der Waals surface area contributed by atoms with Crippen molar-refractivity contribution in [3.05, 3.63) is 35.4 Å². The molecule has 1 unspecified atom stereocenters. The first kappa shape index (κ1) is 19.4. The van der Waals surface area contributed by atoms with Gasteiger partial charge < -0.3 is 9.80 Å². The Hall–Kier alpha value is -1.35. The van der Waals surface area contributed by atoms with Crippen molar-refractivity contribution in [3.63, 3.8) is 0 Å². The lowest BCUT2D eigenvalue weighted by Gasteiger charge is -2.39. The van der Waals surface area contributed by atoms with Gasteiger partial charge in [0.1, 0.15) is 0 Å². The van der Waals surface area contributed by atoms with Gasteiger partial charge in [-0.15, -0.1) is 0 Å². The number of aryl methyl sites for hydroxylation is 2. The number of amides is 1. The van der Waals surface area contributed by atoms with Gasteiger partial charge in [-0.1, -0.05) is 24.3 Å². The quantitative estimate of drug-likeness (QED) is 0.786. The second-order valence-electron chi connectivity index (χ2n) is 8.66. The predicted octanol–water partition coefficient (Wildman–Crippen LogP) is 4.29. The topological polar surface area (TPSA) is 23.6 Å². The molecule has 0 radical (unpaired) electrons. The van der Waals surface area contributed by atoms with Crippen LogP contribution in [0.4, 0.5) is 0 Å². The van der Waals surface area contributed by atoms with Crippen LogP contribution in [0.3, 0.4) is 0 Å². The average molecular weight is 357 g/mol. The van der Waals surface area contributed by atoms with E-state index in [0.717, 1.165) is 45.4 Å². The highest BCUT2D eigenvalue weighted by Crippen LogP contribution is 2.26. The molecule has 3 heteroatoms. The van der Waals surface area contributed by atoms with Gasteiger partial charge in [-0.2, -0.15) is 0 Å². The van der Waals surface area contributed by atoms with Gasteiger partial charge in [0.05, 0.1) is 0 Å². The summed E-state index contributed by atoms with van der Waals surface area (Å²) in [6.45, 7) is 10.8. The summed E-state index contributed by atoms with van der Waals surface area (Å²) in [7, 11) is 0. The normalized spacial score (nSPS) is 22.8. The zero-order valence-electron chi connectivity index (χ0n) is 16.9. The summed E-state index contributed by atoms with van der Waals surface area (Å²) < 4.78 is 0. The van der Waals surface area contributed by atoms with Crippen LogP contribution in [0.5, 0.6) is 0 Å². The summed E-state index contributed by atoms with van der Waals surface area (Å²) >= 11 is 0. The van der Waals surface area contributed by atoms with Crippen molar-refractivity contribution < 1.29 is 4.79 Å². The van der Waals surface area contributed by atoms with Crippen molar-refractivity contribution in [1.82, 2.24) is 9.80 Å². The van der Waals surface area contributed by atoms with Crippen molar-refractivity contribution in [2.24, 2.45) is 11.8 Å². The van der Waals surface area contributed by atoms with Gasteiger partial charge in [0, 0.05) is 25.0 Å². The molecule has 1 aromatic carbocycles. The molecule has 2 aliphatic heterocycles. The Bertz CT molecular complexity index is 590. The first-order valence-corrected chi connectivity index (χ1v) is 10.6. The Balaban J connectivity index is 1.49. The highest BCUT2D eigenvalue weighted by Gasteiger charge is 2.31. The van der Waals surface area contributed by atoms with Gasteiger partial charge in [0.15, 0.2) is 0 Å². The summed E-state index contributed by atoms with van der Waals surface area (Å²) in [4.78, 5) is 17.7. The van der Waals surface area contributed by atoms with Gasteiger partial charge in [-0.3, -0.25) is 4.79 Å².